The van der Waals surface area contributed by atoms with Gasteiger partial charge in [0.15, 0.2) is 0 Å². The summed E-state index contributed by atoms with van der Waals surface area (Å²) in [6.07, 6.45) is 3.35. The molecule has 0 fully saturated rings. The maximum atomic E-state index is 8.87. The van der Waals surface area contributed by atoms with Crippen LogP contribution in [0.3, 0.4) is 0 Å². The van der Waals surface area contributed by atoms with Crippen LogP contribution < -0.4 is 0 Å². The Hall–Kier alpha value is -0.600. The summed E-state index contributed by atoms with van der Waals surface area (Å²) in [5, 5.41) is 10.9. The molecule has 0 bridgehead atoms. The third-order valence-corrected chi connectivity index (χ3v) is 1.92. The molecule has 0 spiro atoms. The first-order valence-electron chi connectivity index (χ1n) is 3.19. The normalized spacial score (nSPS) is 14.2. The third-order valence-electron chi connectivity index (χ3n) is 1.08. The van der Waals surface area contributed by atoms with Crippen molar-refractivity contribution in [3.8, 4) is 0 Å². The minimum atomic E-state index is -0.345. The fourth-order valence-corrected chi connectivity index (χ4v) is 1.25. The van der Waals surface area contributed by atoms with Crippen LogP contribution in [0.15, 0.2) is 23.6 Å². The Bertz CT molecular complexity index is 199. The Morgan fingerprint density at radius 3 is 3.00 bits per heavy atom. The fraction of sp³-hybridized carbons (Fsp3) is 0.250. The monoisotopic (exact) mass is 154 g/mol. The van der Waals surface area contributed by atoms with E-state index in [1.807, 2.05) is 23.6 Å². The summed E-state index contributed by atoms with van der Waals surface area (Å²) < 4.78 is 0. The van der Waals surface area contributed by atoms with E-state index in [0.717, 1.165) is 0 Å². The highest BCUT2D eigenvalue weighted by atomic mass is 32.1. The van der Waals surface area contributed by atoms with Gasteiger partial charge in [-0.1, -0.05) is 12.1 Å². The van der Waals surface area contributed by atoms with Crippen molar-refractivity contribution in [1.29, 1.82) is 0 Å². The maximum Gasteiger partial charge on any atom is 0.0696 e. The van der Waals surface area contributed by atoms with Gasteiger partial charge >= 0.3 is 0 Å². The van der Waals surface area contributed by atoms with Gasteiger partial charge in [-0.2, -0.15) is 0 Å². The molecule has 1 atom stereocenters. The van der Waals surface area contributed by atoms with Gasteiger partial charge in [0.1, 0.15) is 0 Å². The molecule has 0 saturated heterocycles. The van der Waals surface area contributed by atoms with Gasteiger partial charge in [-0.15, -0.1) is 11.3 Å². The van der Waals surface area contributed by atoms with E-state index in [1.54, 1.807) is 24.3 Å². The lowest BCUT2D eigenvalue weighted by atomic mass is 10.3. The lowest BCUT2D eigenvalue weighted by Crippen LogP contribution is -1.90. The highest BCUT2D eigenvalue weighted by Gasteiger charge is 1.87. The van der Waals surface area contributed by atoms with Crippen LogP contribution in [-0.2, 0) is 0 Å². The molecular weight excluding hydrogens is 144 g/mol. The van der Waals surface area contributed by atoms with Gasteiger partial charge < -0.3 is 5.11 Å². The van der Waals surface area contributed by atoms with Crippen LogP contribution in [0, 0.1) is 0 Å². The summed E-state index contributed by atoms with van der Waals surface area (Å²) in [5.41, 5.74) is 0. The average molecular weight is 154 g/mol. The average Bonchev–Trinajstić information content (AvgIpc) is 2.34. The van der Waals surface area contributed by atoms with E-state index in [9.17, 15) is 0 Å². The summed E-state index contributed by atoms with van der Waals surface area (Å²) in [6.45, 7) is 1.74. The molecular formula is C8H10OS. The van der Waals surface area contributed by atoms with Crippen LogP contribution in [0.25, 0.3) is 6.08 Å². The first-order chi connectivity index (χ1) is 4.79. The van der Waals surface area contributed by atoms with E-state index < -0.39 is 0 Å². The smallest absolute Gasteiger partial charge is 0.0696 e. The van der Waals surface area contributed by atoms with Crippen LogP contribution in [0.1, 0.15) is 11.8 Å². The zero-order valence-corrected chi connectivity index (χ0v) is 6.64. The van der Waals surface area contributed by atoms with Crippen molar-refractivity contribution in [2.75, 3.05) is 0 Å². The van der Waals surface area contributed by atoms with Crippen LogP contribution in [-0.4, -0.2) is 11.2 Å². The van der Waals surface area contributed by atoms with Crippen molar-refractivity contribution in [2.24, 2.45) is 0 Å². The lowest BCUT2D eigenvalue weighted by molar-refractivity contribution is 0.245. The summed E-state index contributed by atoms with van der Waals surface area (Å²) in [6, 6.07) is 4.01. The number of hydrogen-bond donors (Lipinski definition) is 1. The standard InChI is InChI=1S/C8H10OS/c1-7(9)4-5-8-3-2-6-10-8/h2-7,9H,1H3. The second-order valence-corrected chi connectivity index (χ2v) is 3.09. The molecule has 54 valence electrons. The lowest BCUT2D eigenvalue weighted by Gasteiger charge is -1.90. The Labute approximate surface area is 64.6 Å². The highest BCUT2D eigenvalue weighted by Crippen LogP contribution is 2.10. The van der Waals surface area contributed by atoms with Gasteiger partial charge in [-0.25, -0.2) is 0 Å². The van der Waals surface area contributed by atoms with E-state index in [4.69, 9.17) is 5.11 Å². The maximum absolute atomic E-state index is 8.87. The van der Waals surface area contributed by atoms with Crippen molar-refractivity contribution in [3.63, 3.8) is 0 Å². The molecule has 0 saturated carbocycles. The van der Waals surface area contributed by atoms with Crippen LogP contribution in [0.2, 0.25) is 0 Å². The van der Waals surface area contributed by atoms with Gasteiger partial charge in [0.2, 0.25) is 0 Å². The number of hydrogen-bond acceptors (Lipinski definition) is 2. The van der Waals surface area contributed by atoms with E-state index in [2.05, 4.69) is 0 Å². The van der Waals surface area contributed by atoms with E-state index in [0.29, 0.717) is 0 Å². The van der Waals surface area contributed by atoms with Crippen LogP contribution in [0.5, 0.6) is 0 Å². The summed E-state index contributed by atoms with van der Waals surface area (Å²) in [5.74, 6) is 0. The molecule has 1 rings (SSSR count). The van der Waals surface area contributed by atoms with E-state index >= 15 is 0 Å². The van der Waals surface area contributed by atoms with Crippen LogP contribution in [0.4, 0.5) is 0 Å². The molecule has 1 nitrogen and oxygen atoms in total. The van der Waals surface area contributed by atoms with Gasteiger partial charge in [-0.05, 0) is 24.4 Å². The zero-order chi connectivity index (χ0) is 7.40. The first-order valence-corrected chi connectivity index (χ1v) is 4.07. The Balaban J connectivity index is 2.55. The second kappa shape index (κ2) is 3.54. The van der Waals surface area contributed by atoms with Crippen molar-refractivity contribution in [2.45, 2.75) is 13.0 Å². The Morgan fingerprint density at radius 1 is 1.70 bits per heavy atom. The van der Waals surface area contributed by atoms with E-state index in [1.165, 1.54) is 4.88 Å². The van der Waals surface area contributed by atoms with Gasteiger partial charge in [-0.3, -0.25) is 0 Å². The molecule has 1 aromatic heterocycles. The molecule has 0 radical (unpaired) electrons. The largest absolute Gasteiger partial charge is 0.389 e. The summed E-state index contributed by atoms with van der Waals surface area (Å²) in [7, 11) is 0. The molecule has 0 aromatic carbocycles. The number of thiophene rings is 1. The third kappa shape index (κ3) is 2.33. The van der Waals surface area contributed by atoms with Gasteiger partial charge in [0.05, 0.1) is 6.10 Å². The first kappa shape index (κ1) is 7.51. The quantitative estimate of drug-likeness (QED) is 0.692. The molecule has 2 heteroatoms. The Kier molecular flexibility index (Phi) is 2.66. The molecule has 1 heterocycles. The van der Waals surface area contributed by atoms with Crippen molar-refractivity contribution in [1.82, 2.24) is 0 Å². The molecule has 1 N–H and O–H groups in total. The molecule has 1 aromatic rings. The van der Waals surface area contributed by atoms with Gasteiger partial charge in [0.25, 0.3) is 0 Å². The molecule has 0 aliphatic carbocycles. The SMILES string of the molecule is CC(O)C=Cc1cccs1. The number of aliphatic hydroxyl groups excluding tert-OH is 1. The fourth-order valence-electron chi connectivity index (χ4n) is 0.620. The van der Waals surface area contributed by atoms with Gasteiger partial charge in [0, 0.05) is 4.88 Å². The molecule has 0 amide bonds. The van der Waals surface area contributed by atoms with E-state index in [-0.39, 0.29) is 6.10 Å². The number of aliphatic hydroxyl groups is 1. The molecule has 0 aliphatic rings. The minimum absolute atomic E-state index is 0.345. The minimum Gasteiger partial charge on any atom is -0.389 e. The summed E-state index contributed by atoms with van der Waals surface area (Å²) in [4.78, 5) is 1.18. The van der Waals surface area contributed by atoms with Crippen molar-refractivity contribution >= 4 is 17.4 Å². The predicted octanol–water partition coefficient (Wildman–Crippen LogP) is 2.14. The van der Waals surface area contributed by atoms with Crippen molar-refractivity contribution in [3.05, 3.63) is 28.5 Å². The molecule has 0 aliphatic heterocycles. The predicted molar refractivity (Wildman–Crippen MR) is 45.0 cm³/mol. The molecule has 1 unspecified atom stereocenters. The Morgan fingerprint density at radius 2 is 2.50 bits per heavy atom. The number of rotatable bonds is 2. The van der Waals surface area contributed by atoms with Crippen molar-refractivity contribution < 1.29 is 5.11 Å². The zero-order valence-electron chi connectivity index (χ0n) is 5.82. The second-order valence-electron chi connectivity index (χ2n) is 2.12. The van der Waals surface area contributed by atoms with Crippen LogP contribution >= 0.6 is 11.3 Å². The highest BCUT2D eigenvalue weighted by molar-refractivity contribution is 7.10. The topological polar surface area (TPSA) is 20.2 Å². The molecule has 10 heavy (non-hydrogen) atoms. The summed E-state index contributed by atoms with van der Waals surface area (Å²) >= 11 is 1.67.